The first-order valence-electron chi connectivity index (χ1n) is 7.87. The molecule has 0 saturated heterocycles. The topological polar surface area (TPSA) is 48.3 Å². The molecule has 1 aromatic heterocycles. The second-order valence-corrected chi connectivity index (χ2v) is 6.33. The van der Waals surface area contributed by atoms with Crippen LogP contribution >= 0.6 is 11.6 Å². The van der Waals surface area contributed by atoms with Crippen LogP contribution in [-0.4, -0.2) is 23.4 Å². The van der Waals surface area contributed by atoms with Gasteiger partial charge in [0.2, 0.25) is 5.78 Å². The Kier molecular flexibility index (Phi) is 5.50. The average molecular weight is 348 g/mol. The number of hydrogen-bond acceptors (Lipinski definition) is 3. The first-order chi connectivity index (χ1) is 11.3. The largest absolute Gasteiger partial charge is 0.469 e. The van der Waals surface area contributed by atoms with Gasteiger partial charge in [0.1, 0.15) is 0 Å². The van der Waals surface area contributed by atoms with Crippen molar-refractivity contribution >= 4 is 23.4 Å². The summed E-state index contributed by atoms with van der Waals surface area (Å²) >= 11 is 6.29. The fourth-order valence-corrected chi connectivity index (χ4v) is 3.43. The van der Waals surface area contributed by atoms with E-state index in [1.807, 2.05) is 39.8 Å². The molecule has 2 rings (SSSR count). The SMILES string of the molecule is CCn1c(C(=O)c2c(C)cc(C)cc2C)cc(Cl)c1CC(=O)OC. The van der Waals surface area contributed by atoms with Gasteiger partial charge in [-0.05, 0) is 44.9 Å². The van der Waals surface area contributed by atoms with Gasteiger partial charge < -0.3 is 9.30 Å². The fraction of sp³-hybridized carbons (Fsp3) is 0.368. The monoisotopic (exact) mass is 347 g/mol. The van der Waals surface area contributed by atoms with Crippen LogP contribution in [0.3, 0.4) is 0 Å². The second kappa shape index (κ2) is 7.22. The second-order valence-electron chi connectivity index (χ2n) is 5.92. The van der Waals surface area contributed by atoms with Crippen molar-refractivity contribution in [3.63, 3.8) is 0 Å². The minimum atomic E-state index is -0.383. The zero-order valence-electron chi connectivity index (χ0n) is 14.7. The first-order valence-corrected chi connectivity index (χ1v) is 8.25. The third kappa shape index (κ3) is 3.39. The van der Waals surface area contributed by atoms with Crippen molar-refractivity contribution in [2.24, 2.45) is 0 Å². The number of carbonyl (C=O) groups is 2. The third-order valence-electron chi connectivity index (χ3n) is 4.15. The molecule has 0 aliphatic rings. The van der Waals surface area contributed by atoms with Crippen LogP contribution in [0.5, 0.6) is 0 Å². The molecule has 0 radical (unpaired) electrons. The van der Waals surface area contributed by atoms with Crippen LogP contribution in [0.25, 0.3) is 0 Å². The lowest BCUT2D eigenvalue weighted by Gasteiger charge is -2.13. The smallest absolute Gasteiger partial charge is 0.311 e. The van der Waals surface area contributed by atoms with Gasteiger partial charge >= 0.3 is 5.97 Å². The van der Waals surface area contributed by atoms with Crippen molar-refractivity contribution in [2.75, 3.05) is 7.11 Å². The van der Waals surface area contributed by atoms with Crippen LogP contribution in [-0.2, 0) is 22.5 Å². The predicted octanol–water partition coefficient (Wildman–Crippen LogP) is 4.03. The van der Waals surface area contributed by atoms with Gasteiger partial charge in [0.15, 0.2) is 0 Å². The van der Waals surface area contributed by atoms with E-state index < -0.39 is 0 Å². The molecule has 0 amide bonds. The summed E-state index contributed by atoms with van der Waals surface area (Å²) in [6.07, 6.45) is 0.0440. The summed E-state index contributed by atoms with van der Waals surface area (Å²) in [7, 11) is 1.33. The van der Waals surface area contributed by atoms with Crippen LogP contribution in [0, 0.1) is 20.8 Å². The molecule has 0 saturated carbocycles. The Morgan fingerprint density at radius 2 is 1.71 bits per heavy atom. The molecule has 4 nitrogen and oxygen atoms in total. The van der Waals surface area contributed by atoms with Gasteiger partial charge in [-0.2, -0.15) is 0 Å². The number of methoxy groups -OCH3 is 1. The molecule has 1 aromatic carbocycles. The molecule has 24 heavy (non-hydrogen) atoms. The van der Waals surface area contributed by atoms with E-state index in [2.05, 4.69) is 0 Å². The van der Waals surface area contributed by atoms with Gasteiger partial charge in [0.05, 0.1) is 24.2 Å². The molecule has 0 bridgehead atoms. The van der Waals surface area contributed by atoms with Crippen LogP contribution < -0.4 is 0 Å². The number of esters is 1. The van der Waals surface area contributed by atoms with Crippen molar-refractivity contribution in [2.45, 2.75) is 40.7 Å². The highest BCUT2D eigenvalue weighted by molar-refractivity contribution is 6.32. The Labute approximate surface area is 147 Å². The number of halogens is 1. The molecule has 5 heteroatoms. The number of ether oxygens (including phenoxy) is 1. The van der Waals surface area contributed by atoms with Crippen LogP contribution in [0.4, 0.5) is 0 Å². The van der Waals surface area contributed by atoms with E-state index in [-0.39, 0.29) is 18.2 Å². The van der Waals surface area contributed by atoms with E-state index in [1.165, 1.54) is 7.11 Å². The van der Waals surface area contributed by atoms with Crippen molar-refractivity contribution in [1.29, 1.82) is 0 Å². The van der Waals surface area contributed by atoms with E-state index in [0.29, 0.717) is 28.5 Å². The normalized spacial score (nSPS) is 10.8. The summed E-state index contributed by atoms with van der Waals surface area (Å²) in [5, 5.41) is 0.410. The number of aryl methyl sites for hydroxylation is 3. The van der Waals surface area contributed by atoms with Gasteiger partial charge in [0.25, 0.3) is 0 Å². The number of aromatic nitrogens is 1. The molecule has 0 atom stereocenters. The molecule has 2 aromatic rings. The molecule has 0 spiro atoms. The van der Waals surface area contributed by atoms with Crippen LogP contribution in [0.15, 0.2) is 18.2 Å². The molecule has 0 unspecified atom stereocenters. The molecule has 0 N–H and O–H groups in total. The number of ketones is 1. The number of rotatable bonds is 5. The van der Waals surface area contributed by atoms with E-state index in [1.54, 1.807) is 10.6 Å². The van der Waals surface area contributed by atoms with Gasteiger partial charge in [-0.3, -0.25) is 9.59 Å². The quantitative estimate of drug-likeness (QED) is 0.606. The van der Waals surface area contributed by atoms with E-state index in [4.69, 9.17) is 16.3 Å². The minimum Gasteiger partial charge on any atom is -0.469 e. The first kappa shape index (κ1) is 18.3. The van der Waals surface area contributed by atoms with E-state index >= 15 is 0 Å². The zero-order chi connectivity index (χ0) is 18.0. The molecule has 0 fully saturated rings. The lowest BCUT2D eigenvalue weighted by Crippen LogP contribution is -2.16. The van der Waals surface area contributed by atoms with Crippen molar-refractivity contribution < 1.29 is 14.3 Å². The van der Waals surface area contributed by atoms with Gasteiger partial charge in [-0.25, -0.2) is 0 Å². The third-order valence-corrected chi connectivity index (χ3v) is 4.48. The van der Waals surface area contributed by atoms with E-state index in [0.717, 1.165) is 16.7 Å². The fourth-order valence-electron chi connectivity index (χ4n) is 3.16. The summed E-state index contributed by atoms with van der Waals surface area (Å²) in [6, 6.07) is 5.64. The van der Waals surface area contributed by atoms with Crippen molar-refractivity contribution in [3.8, 4) is 0 Å². The Morgan fingerprint density at radius 1 is 1.12 bits per heavy atom. The molecule has 0 aliphatic heterocycles. The average Bonchev–Trinajstić information content (AvgIpc) is 2.82. The Bertz CT molecular complexity index is 782. The van der Waals surface area contributed by atoms with Crippen molar-refractivity contribution in [3.05, 3.63) is 56.9 Å². The summed E-state index contributed by atoms with van der Waals surface area (Å²) in [5.74, 6) is -0.462. The predicted molar refractivity (Wildman–Crippen MR) is 94.9 cm³/mol. The van der Waals surface area contributed by atoms with Crippen molar-refractivity contribution in [1.82, 2.24) is 4.57 Å². The highest BCUT2D eigenvalue weighted by Gasteiger charge is 2.23. The molecular weight excluding hydrogens is 326 g/mol. The highest BCUT2D eigenvalue weighted by atomic mass is 35.5. The maximum atomic E-state index is 13.1. The Hall–Kier alpha value is -2.07. The standard InChI is InChI=1S/C19H22ClNO3/c1-6-21-15(10-17(22)24-5)14(20)9-16(21)19(23)18-12(3)7-11(2)8-13(18)4/h7-9H,6,10H2,1-5H3. The molecule has 1 heterocycles. The summed E-state index contributed by atoms with van der Waals surface area (Å²) in [5.41, 5.74) is 4.79. The number of hydrogen-bond donors (Lipinski definition) is 0. The highest BCUT2D eigenvalue weighted by Crippen LogP contribution is 2.27. The maximum absolute atomic E-state index is 13.1. The Morgan fingerprint density at radius 3 is 2.21 bits per heavy atom. The lowest BCUT2D eigenvalue weighted by molar-refractivity contribution is -0.139. The van der Waals surface area contributed by atoms with Gasteiger partial charge in [-0.1, -0.05) is 29.3 Å². The van der Waals surface area contributed by atoms with Crippen LogP contribution in [0.1, 0.15) is 45.4 Å². The number of nitrogens with zero attached hydrogens (tertiary/aromatic N) is 1. The molecule has 0 aliphatic carbocycles. The lowest BCUT2D eigenvalue weighted by atomic mass is 9.95. The van der Waals surface area contributed by atoms with Gasteiger partial charge in [0, 0.05) is 17.8 Å². The van der Waals surface area contributed by atoms with Gasteiger partial charge in [-0.15, -0.1) is 0 Å². The summed E-state index contributed by atoms with van der Waals surface area (Å²) < 4.78 is 6.51. The zero-order valence-corrected chi connectivity index (χ0v) is 15.5. The summed E-state index contributed by atoms with van der Waals surface area (Å²) in [4.78, 5) is 24.7. The van der Waals surface area contributed by atoms with Crippen LogP contribution in [0.2, 0.25) is 5.02 Å². The minimum absolute atomic E-state index is 0.0440. The summed E-state index contributed by atoms with van der Waals surface area (Å²) in [6.45, 7) is 8.34. The maximum Gasteiger partial charge on any atom is 0.311 e. The number of carbonyl (C=O) groups excluding carboxylic acids is 2. The Balaban J connectivity index is 2.55. The molecule has 128 valence electrons. The number of benzene rings is 1. The molecular formula is C19H22ClNO3. The van der Waals surface area contributed by atoms with E-state index in [9.17, 15) is 9.59 Å².